The normalized spacial score (nSPS) is 18.2. The van der Waals surface area contributed by atoms with Crippen molar-refractivity contribution in [2.45, 2.75) is 32.7 Å². The van der Waals surface area contributed by atoms with Gasteiger partial charge in [0.2, 0.25) is 0 Å². The lowest BCUT2D eigenvalue weighted by molar-refractivity contribution is -0.140. The van der Waals surface area contributed by atoms with Crippen LogP contribution in [0.4, 0.5) is 0 Å². The number of fused-ring (bicyclic) bond motifs is 1. The number of rotatable bonds is 11. The molecular formula is C28H33NO8. The molecule has 0 aromatic heterocycles. The molecular weight excluding hydrogens is 478 g/mol. The van der Waals surface area contributed by atoms with E-state index in [1.165, 1.54) is 4.90 Å². The summed E-state index contributed by atoms with van der Waals surface area (Å²) in [6.07, 6.45) is 1.36. The van der Waals surface area contributed by atoms with Crippen molar-refractivity contribution < 1.29 is 38.4 Å². The monoisotopic (exact) mass is 511 g/mol. The molecule has 0 bridgehead atoms. The van der Waals surface area contributed by atoms with Crippen LogP contribution in [0.2, 0.25) is 0 Å². The van der Waals surface area contributed by atoms with E-state index < -0.39 is 17.7 Å². The highest BCUT2D eigenvalue weighted by atomic mass is 16.6. The van der Waals surface area contributed by atoms with Crippen molar-refractivity contribution in [1.29, 1.82) is 0 Å². The molecule has 198 valence electrons. The number of hydrogen-bond donors (Lipinski definition) is 1. The summed E-state index contributed by atoms with van der Waals surface area (Å²) in [6, 6.07) is 9.47. The van der Waals surface area contributed by atoms with E-state index in [0.29, 0.717) is 73.6 Å². The lowest BCUT2D eigenvalue weighted by Gasteiger charge is -2.26. The smallest absolute Gasteiger partial charge is 0.295 e. The second kappa shape index (κ2) is 12.0. The second-order valence-corrected chi connectivity index (χ2v) is 8.68. The predicted molar refractivity (Wildman–Crippen MR) is 136 cm³/mol. The van der Waals surface area contributed by atoms with Crippen LogP contribution in [0.3, 0.4) is 0 Å². The zero-order valence-electron chi connectivity index (χ0n) is 21.5. The first kappa shape index (κ1) is 26.3. The minimum absolute atomic E-state index is 0.00349. The Labute approximate surface area is 216 Å². The van der Waals surface area contributed by atoms with Gasteiger partial charge in [-0.1, -0.05) is 13.0 Å². The van der Waals surface area contributed by atoms with Crippen molar-refractivity contribution in [3.63, 3.8) is 0 Å². The molecule has 2 aromatic rings. The van der Waals surface area contributed by atoms with Crippen LogP contribution in [0.15, 0.2) is 42.0 Å². The molecule has 1 fully saturated rings. The van der Waals surface area contributed by atoms with Crippen LogP contribution in [0.1, 0.15) is 43.9 Å². The van der Waals surface area contributed by atoms with Crippen molar-refractivity contribution in [2.75, 3.05) is 46.7 Å². The number of Topliss-reactive ketones (excluding diaryl/α,β-unsaturated/α-hetero) is 1. The van der Waals surface area contributed by atoms with Crippen molar-refractivity contribution in [3.8, 4) is 23.0 Å². The fraction of sp³-hybridized carbons (Fsp3) is 0.429. The van der Waals surface area contributed by atoms with Gasteiger partial charge >= 0.3 is 0 Å². The van der Waals surface area contributed by atoms with Gasteiger partial charge in [-0.2, -0.15) is 0 Å². The van der Waals surface area contributed by atoms with E-state index >= 15 is 0 Å². The minimum atomic E-state index is -0.815. The van der Waals surface area contributed by atoms with E-state index in [9.17, 15) is 14.7 Å². The number of carbonyl (C=O) groups is 2. The van der Waals surface area contributed by atoms with Crippen molar-refractivity contribution in [3.05, 3.63) is 53.1 Å². The molecule has 2 heterocycles. The minimum Gasteiger partial charge on any atom is -0.507 e. The lowest BCUT2D eigenvalue weighted by Crippen LogP contribution is -2.31. The number of amides is 1. The summed E-state index contributed by atoms with van der Waals surface area (Å²) in [5.74, 6) is 0.411. The summed E-state index contributed by atoms with van der Waals surface area (Å²) in [6.45, 7) is 6.34. The maximum absolute atomic E-state index is 13.3. The molecule has 1 saturated heterocycles. The van der Waals surface area contributed by atoms with Gasteiger partial charge in [-0.25, -0.2) is 0 Å². The first-order chi connectivity index (χ1) is 18.0. The Balaban J connectivity index is 1.81. The molecule has 9 nitrogen and oxygen atoms in total. The lowest BCUT2D eigenvalue weighted by atomic mass is 9.94. The van der Waals surface area contributed by atoms with Crippen molar-refractivity contribution >= 4 is 17.4 Å². The summed E-state index contributed by atoms with van der Waals surface area (Å²) in [5, 5.41) is 11.4. The Morgan fingerprint density at radius 3 is 2.51 bits per heavy atom. The second-order valence-electron chi connectivity index (χ2n) is 8.68. The largest absolute Gasteiger partial charge is 0.507 e. The molecule has 2 aromatic carbocycles. The SMILES string of the molecule is CCCOc1ccc([C@H]2/C(=C(\O)c3ccc4c(c3)OCCO4)C(=O)C(=O)N2CCCOC)cc1OCC. The predicted octanol–water partition coefficient (Wildman–Crippen LogP) is 4.10. The maximum atomic E-state index is 13.3. The third kappa shape index (κ3) is 5.51. The van der Waals surface area contributed by atoms with Crippen LogP contribution in [0, 0.1) is 0 Å². The highest BCUT2D eigenvalue weighted by Crippen LogP contribution is 2.43. The van der Waals surface area contributed by atoms with Gasteiger partial charge in [0, 0.05) is 25.8 Å². The van der Waals surface area contributed by atoms with Gasteiger partial charge in [0.15, 0.2) is 23.0 Å². The number of aliphatic hydroxyl groups excluding tert-OH is 1. The molecule has 1 N–H and O–H groups in total. The number of hydrogen-bond acceptors (Lipinski definition) is 8. The van der Waals surface area contributed by atoms with E-state index in [1.54, 1.807) is 43.5 Å². The van der Waals surface area contributed by atoms with Gasteiger partial charge in [-0.15, -0.1) is 0 Å². The Morgan fingerprint density at radius 2 is 1.78 bits per heavy atom. The molecule has 2 aliphatic heterocycles. The number of carbonyl (C=O) groups excluding carboxylic acids is 2. The molecule has 0 spiro atoms. The van der Waals surface area contributed by atoms with Gasteiger partial charge in [-0.05, 0) is 55.7 Å². The summed E-state index contributed by atoms with van der Waals surface area (Å²) in [4.78, 5) is 27.9. The highest BCUT2D eigenvalue weighted by molar-refractivity contribution is 6.46. The fourth-order valence-electron chi connectivity index (χ4n) is 4.48. The topological polar surface area (TPSA) is 104 Å². The van der Waals surface area contributed by atoms with Gasteiger partial charge in [-0.3, -0.25) is 9.59 Å². The molecule has 0 unspecified atom stereocenters. The number of likely N-dealkylation sites (tertiary alicyclic amines) is 1. The van der Waals surface area contributed by atoms with Crippen LogP contribution >= 0.6 is 0 Å². The highest BCUT2D eigenvalue weighted by Gasteiger charge is 2.46. The number of nitrogens with zero attached hydrogens (tertiary/aromatic N) is 1. The zero-order chi connectivity index (χ0) is 26.4. The van der Waals surface area contributed by atoms with Crippen molar-refractivity contribution in [1.82, 2.24) is 4.90 Å². The molecule has 37 heavy (non-hydrogen) atoms. The average molecular weight is 512 g/mol. The van der Waals surface area contributed by atoms with E-state index in [4.69, 9.17) is 23.7 Å². The molecule has 1 amide bonds. The Hall–Kier alpha value is -3.72. The molecule has 1 atom stereocenters. The van der Waals surface area contributed by atoms with Crippen LogP contribution < -0.4 is 18.9 Å². The van der Waals surface area contributed by atoms with Crippen LogP contribution in [0.5, 0.6) is 23.0 Å². The Morgan fingerprint density at radius 1 is 1.00 bits per heavy atom. The summed E-state index contributed by atoms with van der Waals surface area (Å²) < 4.78 is 28.0. The van der Waals surface area contributed by atoms with E-state index in [1.807, 2.05) is 13.8 Å². The van der Waals surface area contributed by atoms with E-state index in [2.05, 4.69) is 0 Å². The van der Waals surface area contributed by atoms with Crippen LogP contribution in [0.25, 0.3) is 5.76 Å². The molecule has 0 saturated carbocycles. The number of ether oxygens (including phenoxy) is 5. The molecule has 9 heteroatoms. The third-order valence-electron chi connectivity index (χ3n) is 6.15. The zero-order valence-corrected chi connectivity index (χ0v) is 21.5. The number of aliphatic hydroxyl groups is 1. The number of methoxy groups -OCH3 is 1. The van der Waals surface area contributed by atoms with E-state index in [-0.39, 0.29) is 17.9 Å². The van der Waals surface area contributed by atoms with E-state index in [0.717, 1.165) is 6.42 Å². The fourth-order valence-corrected chi connectivity index (χ4v) is 4.48. The van der Waals surface area contributed by atoms with Crippen LogP contribution in [-0.2, 0) is 14.3 Å². The summed E-state index contributed by atoms with van der Waals surface area (Å²) in [7, 11) is 1.58. The maximum Gasteiger partial charge on any atom is 0.295 e. The summed E-state index contributed by atoms with van der Waals surface area (Å²) in [5.41, 5.74) is 0.990. The Bertz CT molecular complexity index is 1170. The first-order valence-electron chi connectivity index (χ1n) is 12.6. The van der Waals surface area contributed by atoms with Gasteiger partial charge in [0.05, 0.1) is 24.8 Å². The van der Waals surface area contributed by atoms with Gasteiger partial charge < -0.3 is 33.7 Å². The summed E-state index contributed by atoms with van der Waals surface area (Å²) >= 11 is 0. The third-order valence-corrected chi connectivity index (χ3v) is 6.15. The first-order valence-corrected chi connectivity index (χ1v) is 12.6. The van der Waals surface area contributed by atoms with Crippen molar-refractivity contribution in [2.24, 2.45) is 0 Å². The standard InChI is InChI=1S/C28H33NO8/c1-4-12-35-20-9-7-18(16-22(20)34-5-2)25-24(27(31)28(32)29(25)11-6-13-33-3)26(30)19-8-10-21-23(17-19)37-15-14-36-21/h7-10,16-17,25,30H,4-6,11-15H2,1-3H3/b26-24+/t25-/m0/s1. The quantitative estimate of drug-likeness (QED) is 0.208. The molecule has 4 rings (SSSR count). The number of ketones is 1. The Kier molecular flexibility index (Phi) is 8.55. The number of benzene rings is 2. The molecule has 0 radical (unpaired) electrons. The average Bonchev–Trinajstić information content (AvgIpc) is 3.17. The molecule has 2 aliphatic rings. The van der Waals surface area contributed by atoms with Gasteiger partial charge in [0.1, 0.15) is 19.0 Å². The van der Waals surface area contributed by atoms with Crippen LogP contribution in [-0.4, -0.2) is 68.4 Å². The van der Waals surface area contributed by atoms with Gasteiger partial charge in [0.25, 0.3) is 11.7 Å². The molecule has 0 aliphatic carbocycles.